The van der Waals surface area contributed by atoms with E-state index in [4.69, 9.17) is 0 Å². The predicted octanol–water partition coefficient (Wildman–Crippen LogP) is 1.87. The SMILES string of the molecule is CS(=O)(=O)CC1(Cn2nc(-c3ccccc3F)ccc2=O)CC1. The summed E-state index contributed by atoms with van der Waals surface area (Å²) >= 11 is 0. The molecular weight excluding hydrogens is 319 g/mol. The van der Waals surface area contributed by atoms with E-state index in [2.05, 4.69) is 5.10 Å². The van der Waals surface area contributed by atoms with Gasteiger partial charge in [-0.15, -0.1) is 0 Å². The predicted molar refractivity (Wildman–Crippen MR) is 85.3 cm³/mol. The molecule has 1 aliphatic rings. The molecule has 0 saturated heterocycles. The monoisotopic (exact) mass is 336 g/mol. The van der Waals surface area contributed by atoms with Gasteiger partial charge in [-0.05, 0) is 31.0 Å². The molecular formula is C16H17FN2O3S. The van der Waals surface area contributed by atoms with Gasteiger partial charge in [-0.3, -0.25) is 4.79 Å². The molecule has 23 heavy (non-hydrogen) atoms. The van der Waals surface area contributed by atoms with Gasteiger partial charge in [0, 0.05) is 23.3 Å². The minimum absolute atomic E-state index is 0.0397. The summed E-state index contributed by atoms with van der Waals surface area (Å²) in [7, 11) is -3.12. The first kappa shape index (κ1) is 15.9. The van der Waals surface area contributed by atoms with Crippen molar-refractivity contribution in [1.29, 1.82) is 0 Å². The molecule has 2 aromatic rings. The largest absolute Gasteiger partial charge is 0.268 e. The number of sulfone groups is 1. The zero-order chi connectivity index (χ0) is 16.7. The minimum atomic E-state index is -3.12. The Hall–Kier alpha value is -2.02. The number of hydrogen-bond donors (Lipinski definition) is 0. The molecule has 1 fully saturated rings. The molecule has 0 atom stereocenters. The van der Waals surface area contributed by atoms with Crippen molar-refractivity contribution in [3.8, 4) is 11.3 Å². The summed E-state index contributed by atoms with van der Waals surface area (Å²) in [5.41, 5.74) is -0.0601. The average Bonchev–Trinajstić information content (AvgIpc) is 3.19. The Morgan fingerprint density at radius 2 is 1.91 bits per heavy atom. The molecule has 122 valence electrons. The summed E-state index contributed by atoms with van der Waals surface area (Å²) in [5, 5.41) is 4.23. The van der Waals surface area contributed by atoms with Gasteiger partial charge in [0.25, 0.3) is 5.56 Å². The van der Waals surface area contributed by atoms with Crippen LogP contribution < -0.4 is 5.56 Å². The van der Waals surface area contributed by atoms with Gasteiger partial charge in [0.05, 0.1) is 18.0 Å². The first-order chi connectivity index (χ1) is 10.8. The zero-order valence-corrected chi connectivity index (χ0v) is 13.5. The van der Waals surface area contributed by atoms with E-state index in [0.29, 0.717) is 11.3 Å². The Balaban J connectivity index is 1.94. The second-order valence-corrected chi connectivity index (χ2v) is 8.40. The Labute approximate surface area is 133 Å². The van der Waals surface area contributed by atoms with Crippen LogP contribution in [0.15, 0.2) is 41.2 Å². The van der Waals surface area contributed by atoms with Crippen LogP contribution in [0.1, 0.15) is 12.8 Å². The quantitative estimate of drug-likeness (QED) is 0.836. The Kier molecular flexibility index (Phi) is 3.83. The lowest BCUT2D eigenvalue weighted by atomic mass is 10.1. The maximum absolute atomic E-state index is 13.9. The molecule has 1 aromatic carbocycles. The van der Waals surface area contributed by atoms with E-state index in [0.717, 1.165) is 12.8 Å². The van der Waals surface area contributed by atoms with E-state index in [1.807, 2.05) is 0 Å². The third-order valence-electron chi connectivity index (χ3n) is 4.03. The van der Waals surface area contributed by atoms with Crippen LogP contribution in [-0.4, -0.2) is 30.2 Å². The highest BCUT2D eigenvalue weighted by atomic mass is 32.2. The lowest BCUT2D eigenvalue weighted by molar-refractivity contribution is 0.417. The van der Waals surface area contributed by atoms with Gasteiger partial charge in [0.15, 0.2) is 0 Å². The highest BCUT2D eigenvalue weighted by Crippen LogP contribution is 2.47. The zero-order valence-electron chi connectivity index (χ0n) is 12.7. The normalized spacial score (nSPS) is 16.3. The first-order valence-corrected chi connectivity index (χ1v) is 9.35. The van der Waals surface area contributed by atoms with Crippen LogP contribution in [0.25, 0.3) is 11.3 Å². The second-order valence-electron chi connectivity index (χ2n) is 6.26. The molecule has 0 amide bonds. The number of rotatable bonds is 5. The van der Waals surface area contributed by atoms with Crippen molar-refractivity contribution in [3.63, 3.8) is 0 Å². The van der Waals surface area contributed by atoms with Gasteiger partial charge in [-0.25, -0.2) is 17.5 Å². The Bertz CT molecular complexity index is 902. The standard InChI is InChI=1S/C16H17FN2O3S/c1-23(21,22)11-16(8-9-16)10-19-15(20)7-6-14(18-19)12-4-2-3-5-13(12)17/h2-7H,8-11H2,1H3. The third kappa shape index (κ3) is 3.67. The second kappa shape index (κ2) is 5.56. The minimum Gasteiger partial charge on any atom is -0.268 e. The van der Waals surface area contributed by atoms with Crippen molar-refractivity contribution in [2.45, 2.75) is 19.4 Å². The van der Waals surface area contributed by atoms with Crippen LogP contribution in [0.3, 0.4) is 0 Å². The van der Waals surface area contributed by atoms with Crippen molar-refractivity contribution in [2.24, 2.45) is 5.41 Å². The van der Waals surface area contributed by atoms with E-state index in [1.165, 1.54) is 29.1 Å². The van der Waals surface area contributed by atoms with E-state index in [9.17, 15) is 17.6 Å². The highest BCUT2D eigenvalue weighted by Gasteiger charge is 2.46. The number of nitrogens with zero attached hydrogens (tertiary/aromatic N) is 2. The molecule has 3 rings (SSSR count). The molecule has 1 aromatic heterocycles. The van der Waals surface area contributed by atoms with Crippen LogP contribution in [-0.2, 0) is 16.4 Å². The topological polar surface area (TPSA) is 69.0 Å². The number of aromatic nitrogens is 2. The molecule has 0 N–H and O–H groups in total. The number of halogens is 1. The van der Waals surface area contributed by atoms with Gasteiger partial charge in [-0.2, -0.15) is 5.10 Å². The molecule has 0 unspecified atom stereocenters. The van der Waals surface area contributed by atoms with E-state index in [-0.39, 0.29) is 17.9 Å². The molecule has 7 heteroatoms. The van der Waals surface area contributed by atoms with Crippen molar-refractivity contribution in [2.75, 3.05) is 12.0 Å². The van der Waals surface area contributed by atoms with E-state index < -0.39 is 21.1 Å². The third-order valence-corrected chi connectivity index (χ3v) is 5.16. The van der Waals surface area contributed by atoms with Gasteiger partial charge in [-0.1, -0.05) is 12.1 Å². The fourth-order valence-corrected chi connectivity index (χ4v) is 4.27. The molecule has 1 saturated carbocycles. The molecule has 1 aliphatic carbocycles. The fourth-order valence-electron chi connectivity index (χ4n) is 2.77. The smallest absolute Gasteiger partial charge is 0.266 e. The lowest BCUT2D eigenvalue weighted by Crippen LogP contribution is -2.30. The summed E-state index contributed by atoms with van der Waals surface area (Å²) in [6.07, 6.45) is 2.69. The Morgan fingerprint density at radius 1 is 1.22 bits per heavy atom. The Morgan fingerprint density at radius 3 is 2.52 bits per heavy atom. The number of hydrogen-bond acceptors (Lipinski definition) is 4. The highest BCUT2D eigenvalue weighted by molar-refractivity contribution is 7.90. The van der Waals surface area contributed by atoms with Crippen LogP contribution in [0.4, 0.5) is 4.39 Å². The summed E-state index contributed by atoms with van der Waals surface area (Å²) in [4.78, 5) is 12.0. The van der Waals surface area contributed by atoms with Crippen molar-refractivity contribution < 1.29 is 12.8 Å². The molecule has 5 nitrogen and oxygen atoms in total. The molecule has 0 bridgehead atoms. The molecule has 0 spiro atoms. The fraction of sp³-hybridized carbons (Fsp3) is 0.375. The van der Waals surface area contributed by atoms with Crippen molar-refractivity contribution in [3.05, 3.63) is 52.6 Å². The van der Waals surface area contributed by atoms with Gasteiger partial charge < -0.3 is 0 Å². The summed E-state index contributed by atoms with van der Waals surface area (Å²) in [6, 6.07) is 9.02. The van der Waals surface area contributed by atoms with Crippen LogP contribution in [0.2, 0.25) is 0 Å². The van der Waals surface area contributed by atoms with E-state index in [1.54, 1.807) is 18.2 Å². The summed E-state index contributed by atoms with van der Waals surface area (Å²) in [6.45, 7) is 0.237. The number of benzene rings is 1. The van der Waals surface area contributed by atoms with Crippen LogP contribution >= 0.6 is 0 Å². The van der Waals surface area contributed by atoms with Crippen molar-refractivity contribution in [1.82, 2.24) is 9.78 Å². The first-order valence-electron chi connectivity index (χ1n) is 7.29. The van der Waals surface area contributed by atoms with E-state index >= 15 is 0 Å². The molecule has 1 heterocycles. The van der Waals surface area contributed by atoms with Crippen LogP contribution in [0, 0.1) is 11.2 Å². The maximum Gasteiger partial charge on any atom is 0.266 e. The summed E-state index contributed by atoms with van der Waals surface area (Å²) < 4.78 is 38.2. The van der Waals surface area contributed by atoms with Crippen molar-refractivity contribution >= 4 is 9.84 Å². The maximum atomic E-state index is 13.9. The lowest BCUT2D eigenvalue weighted by Gasteiger charge is -2.15. The van der Waals surface area contributed by atoms with Gasteiger partial charge >= 0.3 is 0 Å². The molecule has 0 radical (unpaired) electrons. The summed E-state index contributed by atoms with van der Waals surface area (Å²) in [5.74, 6) is -0.375. The average molecular weight is 336 g/mol. The van der Waals surface area contributed by atoms with Gasteiger partial charge in [0.2, 0.25) is 0 Å². The van der Waals surface area contributed by atoms with Gasteiger partial charge in [0.1, 0.15) is 15.7 Å². The van der Waals surface area contributed by atoms with Crippen LogP contribution in [0.5, 0.6) is 0 Å². The molecule has 0 aliphatic heterocycles.